The number of ether oxygens (including phenoxy) is 2. The van der Waals surface area contributed by atoms with Gasteiger partial charge in [-0.25, -0.2) is 9.59 Å². The standard InChI is InChI=1S/C34H50N8O4/c1-8-9-10-17-35-28-40-29(36-20-24-13-11-15-26(18-24)22-38-31(43)45-33(2,3)4)42-30(41-28)37-21-25-14-12-16-27(19-25)23-39-32(44)46-34(5,6)7/h11-16,18-19H,8-10,17,20-23H2,1-7H3,(H,38,43)(H,39,44)(H3,35,36,37,40,41,42). The number of benzene rings is 2. The third kappa shape index (κ3) is 14.4. The molecule has 2 aromatic carbocycles. The fourth-order valence-corrected chi connectivity index (χ4v) is 4.23. The Morgan fingerprint density at radius 1 is 0.609 bits per heavy atom. The summed E-state index contributed by atoms with van der Waals surface area (Å²) in [5.41, 5.74) is 2.81. The van der Waals surface area contributed by atoms with E-state index in [0.717, 1.165) is 48.1 Å². The maximum Gasteiger partial charge on any atom is 0.407 e. The molecule has 0 atom stereocenters. The minimum absolute atomic E-state index is 0.354. The molecule has 3 rings (SSSR count). The van der Waals surface area contributed by atoms with Crippen LogP contribution in [0.25, 0.3) is 0 Å². The molecule has 0 bridgehead atoms. The number of rotatable bonds is 15. The molecule has 0 aliphatic carbocycles. The van der Waals surface area contributed by atoms with E-state index in [2.05, 4.69) is 48.5 Å². The smallest absolute Gasteiger partial charge is 0.407 e. The van der Waals surface area contributed by atoms with Gasteiger partial charge in [0.15, 0.2) is 0 Å². The van der Waals surface area contributed by atoms with Gasteiger partial charge in [-0.05, 0) is 70.2 Å². The van der Waals surface area contributed by atoms with Crippen molar-refractivity contribution in [2.45, 2.75) is 105 Å². The zero-order chi connectivity index (χ0) is 33.6. The molecule has 0 aliphatic rings. The molecule has 2 amide bonds. The number of aromatic nitrogens is 3. The molecule has 12 heteroatoms. The maximum atomic E-state index is 12.1. The maximum absolute atomic E-state index is 12.1. The van der Waals surface area contributed by atoms with Crippen molar-refractivity contribution in [3.63, 3.8) is 0 Å². The van der Waals surface area contributed by atoms with Crippen molar-refractivity contribution in [2.75, 3.05) is 22.5 Å². The third-order valence-corrected chi connectivity index (χ3v) is 6.25. The highest BCUT2D eigenvalue weighted by atomic mass is 16.6. The van der Waals surface area contributed by atoms with Crippen molar-refractivity contribution in [3.8, 4) is 0 Å². The third-order valence-electron chi connectivity index (χ3n) is 6.25. The number of hydrogen-bond acceptors (Lipinski definition) is 10. The molecule has 0 aliphatic heterocycles. The number of carbonyl (C=O) groups is 2. The number of unbranched alkanes of at least 4 members (excludes halogenated alkanes) is 2. The first-order valence-corrected chi connectivity index (χ1v) is 15.8. The summed E-state index contributed by atoms with van der Waals surface area (Å²) in [5, 5.41) is 15.5. The molecule has 0 saturated heterocycles. The summed E-state index contributed by atoms with van der Waals surface area (Å²) in [5.74, 6) is 1.35. The Bertz CT molecular complexity index is 1320. The summed E-state index contributed by atoms with van der Waals surface area (Å²) in [6, 6.07) is 15.8. The molecule has 12 nitrogen and oxygen atoms in total. The van der Waals surface area contributed by atoms with Gasteiger partial charge in [-0.2, -0.15) is 15.0 Å². The monoisotopic (exact) mass is 634 g/mol. The Morgan fingerprint density at radius 2 is 1.00 bits per heavy atom. The zero-order valence-corrected chi connectivity index (χ0v) is 28.3. The van der Waals surface area contributed by atoms with Crippen LogP contribution >= 0.6 is 0 Å². The van der Waals surface area contributed by atoms with Crippen LogP contribution in [0.5, 0.6) is 0 Å². The number of carbonyl (C=O) groups excluding carboxylic acids is 2. The molecular formula is C34H50N8O4. The number of anilines is 3. The molecule has 46 heavy (non-hydrogen) atoms. The van der Waals surface area contributed by atoms with Crippen molar-refractivity contribution >= 4 is 30.0 Å². The van der Waals surface area contributed by atoms with E-state index in [9.17, 15) is 9.59 Å². The van der Waals surface area contributed by atoms with Gasteiger partial charge in [-0.1, -0.05) is 68.3 Å². The average Bonchev–Trinajstić information content (AvgIpc) is 2.98. The largest absolute Gasteiger partial charge is 0.444 e. The average molecular weight is 635 g/mol. The summed E-state index contributed by atoms with van der Waals surface area (Å²) in [6.07, 6.45) is 2.35. The summed E-state index contributed by atoms with van der Waals surface area (Å²) >= 11 is 0. The second-order valence-electron chi connectivity index (χ2n) is 13.0. The molecule has 0 fully saturated rings. The van der Waals surface area contributed by atoms with Gasteiger partial charge in [0.05, 0.1) is 0 Å². The Balaban J connectivity index is 1.64. The van der Waals surface area contributed by atoms with Crippen molar-refractivity contribution in [3.05, 3.63) is 70.8 Å². The predicted molar refractivity (Wildman–Crippen MR) is 182 cm³/mol. The number of alkyl carbamates (subject to hydrolysis) is 2. The van der Waals surface area contributed by atoms with E-state index < -0.39 is 23.4 Å². The highest BCUT2D eigenvalue weighted by Gasteiger charge is 2.17. The number of nitrogens with zero attached hydrogens (tertiary/aromatic N) is 3. The van der Waals surface area contributed by atoms with E-state index in [-0.39, 0.29) is 0 Å². The van der Waals surface area contributed by atoms with Gasteiger partial charge in [-0.3, -0.25) is 0 Å². The lowest BCUT2D eigenvalue weighted by molar-refractivity contribution is 0.0512. The predicted octanol–water partition coefficient (Wildman–Crippen LogP) is 6.75. The van der Waals surface area contributed by atoms with Gasteiger partial charge in [0, 0.05) is 32.7 Å². The lowest BCUT2D eigenvalue weighted by atomic mass is 10.1. The highest BCUT2D eigenvalue weighted by molar-refractivity contribution is 5.68. The van der Waals surface area contributed by atoms with Crippen LogP contribution in [-0.2, 0) is 35.7 Å². The minimum Gasteiger partial charge on any atom is -0.444 e. The van der Waals surface area contributed by atoms with Gasteiger partial charge in [0.25, 0.3) is 0 Å². The van der Waals surface area contributed by atoms with Crippen LogP contribution in [0.3, 0.4) is 0 Å². The fraction of sp³-hybridized carbons (Fsp3) is 0.500. The van der Waals surface area contributed by atoms with Crippen molar-refractivity contribution in [1.82, 2.24) is 25.6 Å². The molecule has 0 saturated carbocycles. The summed E-state index contributed by atoms with van der Waals surface area (Å²) in [7, 11) is 0. The van der Waals surface area contributed by atoms with E-state index in [0.29, 0.717) is 44.0 Å². The summed E-state index contributed by atoms with van der Waals surface area (Å²) in [4.78, 5) is 37.9. The van der Waals surface area contributed by atoms with Crippen LogP contribution in [0.2, 0.25) is 0 Å². The molecule has 3 aromatic rings. The van der Waals surface area contributed by atoms with Crippen LogP contribution in [0, 0.1) is 0 Å². The number of hydrogen-bond donors (Lipinski definition) is 5. The molecule has 0 radical (unpaired) electrons. The lowest BCUT2D eigenvalue weighted by Gasteiger charge is -2.19. The van der Waals surface area contributed by atoms with E-state index in [1.807, 2.05) is 90.1 Å². The van der Waals surface area contributed by atoms with Gasteiger partial charge in [-0.15, -0.1) is 0 Å². The zero-order valence-electron chi connectivity index (χ0n) is 28.3. The molecule has 0 spiro atoms. The Morgan fingerprint density at radius 3 is 1.39 bits per heavy atom. The molecule has 250 valence electrons. The van der Waals surface area contributed by atoms with Gasteiger partial charge in [0.2, 0.25) is 17.8 Å². The first kappa shape index (κ1) is 35.9. The number of nitrogens with one attached hydrogen (secondary N) is 5. The second-order valence-corrected chi connectivity index (χ2v) is 13.0. The number of amides is 2. The van der Waals surface area contributed by atoms with Gasteiger partial charge < -0.3 is 36.1 Å². The first-order chi connectivity index (χ1) is 21.8. The van der Waals surface area contributed by atoms with Crippen LogP contribution < -0.4 is 26.6 Å². The van der Waals surface area contributed by atoms with E-state index in [1.165, 1.54) is 0 Å². The van der Waals surface area contributed by atoms with Crippen molar-refractivity contribution < 1.29 is 19.1 Å². The first-order valence-electron chi connectivity index (χ1n) is 15.8. The van der Waals surface area contributed by atoms with Crippen LogP contribution in [0.15, 0.2) is 48.5 Å². The summed E-state index contributed by atoms with van der Waals surface area (Å²) in [6.45, 7) is 15.6. The SMILES string of the molecule is CCCCCNc1nc(NCc2cccc(CNC(=O)OC(C)(C)C)c2)nc(NCc2cccc(CNC(=O)OC(C)(C)C)c2)n1. The van der Waals surface area contributed by atoms with E-state index in [1.54, 1.807) is 0 Å². The van der Waals surface area contributed by atoms with Gasteiger partial charge in [0.1, 0.15) is 11.2 Å². The van der Waals surface area contributed by atoms with Crippen molar-refractivity contribution in [1.29, 1.82) is 0 Å². The second kappa shape index (κ2) is 17.2. The summed E-state index contributed by atoms with van der Waals surface area (Å²) < 4.78 is 10.7. The fourth-order valence-electron chi connectivity index (χ4n) is 4.23. The molecular weight excluding hydrogens is 584 g/mol. The van der Waals surface area contributed by atoms with Gasteiger partial charge >= 0.3 is 12.2 Å². The van der Waals surface area contributed by atoms with Crippen LogP contribution in [0.1, 0.15) is 90.0 Å². The normalized spacial score (nSPS) is 11.4. The quantitative estimate of drug-likeness (QED) is 0.114. The van der Waals surface area contributed by atoms with Crippen LogP contribution in [0.4, 0.5) is 27.4 Å². The Kier molecular flexibility index (Phi) is 13.4. The Labute approximate surface area is 272 Å². The Hall–Kier alpha value is -4.61. The molecule has 0 unspecified atom stereocenters. The molecule has 1 aromatic heterocycles. The molecule has 1 heterocycles. The van der Waals surface area contributed by atoms with Crippen LogP contribution in [-0.4, -0.2) is 44.9 Å². The topological polar surface area (TPSA) is 151 Å². The molecule has 5 N–H and O–H groups in total. The van der Waals surface area contributed by atoms with E-state index in [4.69, 9.17) is 9.47 Å². The lowest BCUT2D eigenvalue weighted by Crippen LogP contribution is -2.32. The highest BCUT2D eigenvalue weighted by Crippen LogP contribution is 2.15. The minimum atomic E-state index is -0.553. The van der Waals surface area contributed by atoms with Crippen molar-refractivity contribution in [2.24, 2.45) is 0 Å². The van der Waals surface area contributed by atoms with E-state index >= 15 is 0 Å².